The number of fused-ring (bicyclic) bond motifs is 2. The van der Waals surface area contributed by atoms with Gasteiger partial charge in [-0.05, 0) is 31.2 Å². The second-order valence-corrected chi connectivity index (χ2v) is 7.03. The van der Waals surface area contributed by atoms with Gasteiger partial charge in [0.2, 0.25) is 0 Å². The average Bonchev–Trinajstić information content (AvgIpc) is 2.99. The second kappa shape index (κ2) is 6.55. The molecule has 2 aromatic carbocycles. The fourth-order valence-corrected chi connectivity index (χ4v) is 4.28. The van der Waals surface area contributed by atoms with Crippen LogP contribution in [0.4, 0.5) is 0 Å². The summed E-state index contributed by atoms with van der Waals surface area (Å²) < 4.78 is 8.02. The second-order valence-electron chi connectivity index (χ2n) is 5.62. The van der Waals surface area contributed by atoms with Gasteiger partial charge < -0.3 is 8.98 Å². The Morgan fingerprint density at radius 1 is 1.23 bits per heavy atom. The van der Waals surface area contributed by atoms with Crippen LogP contribution in [0.2, 0.25) is 5.02 Å². The molecular formula is C19H13ClN2O3S. The van der Waals surface area contributed by atoms with E-state index in [1.807, 2.05) is 29.7 Å². The number of para-hydroxylation sites is 2. The van der Waals surface area contributed by atoms with Crippen LogP contribution >= 0.6 is 22.9 Å². The molecule has 2 aromatic heterocycles. The maximum atomic E-state index is 12.6. The molecule has 0 N–H and O–H groups in total. The van der Waals surface area contributed by atoms with Gasteiger partial charge in [-0.2, -0.15) is 4.99 Å². The molecule has 0 aliphatic rings. The van der Waals surface area contributed by atoms with Crippen LogP contribution in [-0.4, -0.2) is 10.5 Å². The van der Waals surface area contributed by atoms with Gasteiger partial charge in [-0.15, -0.1) is 0 Å². The Balaban J connectivity index is 1.91. The normalized spacial score (nSPS) is 12.2. The summed E-state index contributed by atoms with van der Waals surface area (Å²) in [7, 11) is 0. The lowest BCUT2D eigenvalue weighted by atomic mass is 10.2. The molecule has 5 nitrogen and oxygen atoms in total. The number of carbonyl (C=O) groups is 1. The van der Waals surface area contributed by atoms with Crippen molar-refractivity contribution in [1.29, 1.82) is 0 Å². The van der Waals surface area contributed by atoms with Crippen molar-refractivity contribution in [3.05, 3.63) is 74.3 Å². The highest BCUT2D eigenvalue weighted by atomic mass is 35.5. The van der Waals surface area contributed by atoms with E-state index in [2.05, 4.69) is 4.99 Å². The molecule has 0 bridgehead atoms. The molecular weight excluding hydrogens is 372 g/mol. The summed E-state index contributed by atoms with van der Waals surface area (Å²) in [6.07, 6.45) is 0. The first-order valence-electron chi connectivity index (χ1n) is 7.98. The van der Waals surface area contributed by atoms with E-state index in [-0.39, 0.29) is 5.56 Å². The molecule has 130 valence electrons. The molecule has 0 unspecified atom stereocenters. The minimum absolute atomic E-state index is 0.0880. The number of thiazole rings is 1. The van der Waals surface area contributed by atoms with E-state index >= 15 is 0 Å². The lowest BCUT2D eigenvalue weighted by Crippen LogP contribution is -2.19. The van der Waals surface area contributed by atoms with Crippen molar-refractivity contribution in [2.45, 2.75) is 13.5 Å². The van der Waals surface area contributed by atoms with Crippen LogP contribution in [0.3, 0.4) is 0 Å². The largest absolute Gasteiger partial charge is 0.422 e. The molecule has 0 radical (unpaired) electrons. The third-order valence-electron chi connectivity index (χ3n) is 4.04. The summed E-state index contributed by atoms with van der Waals surface area (Å²) in [5.74, 6) is -0.630. The van der Waals surface area contributed by atoms with E-state index in [9.17, 15) is 9.59 Å². The molecule has 4 aromatic rings. The zero-order chi connectivity index (χ0) is 18.3. The van der Waals surface area contributed by atoms with Gasteiger partial charge in [-0.25, -0.2) is 4.79 Å². The number of amides is 1. The molecule has 0 aliphatic heterocycles. The van der Waals surface area contributed by atoms with Crippen molar-refractivity contribution in [2.24, 2.45) is 4.99 Å². The highest BCUT2D eigenvalue weighted by Gasteiger charge is 2.15. The molecule has 0 spiro atoms. The van der Waals surface area contributed by atoms with Gasteiger partial charge in [0.15, 0.2) is 4.80 Å². The Labute approximate surface area is 156 Å². The highest BCUT2D eigenvalue weighted by Crippen LogP contribution is 2.25. The molecule has 0 fully saturated rings. The highest BCUT2D eigenvalue weighted by molar-refractivity contribution is 7.16. The molecule has 1 amide bonds. The van der Waals surface area contributed by atoms with E-state index < -0.39 is 11.5 Å². The van der Waals surface area contributed by atoms with Gasteiger partial charge in [-0.1, -0.05) is 47.2 Å². The van der Waals surface area contributed by atoms with Crippen molar-refractivity contribution >= 4 is 50.0 Å². The Hall–Kier alpha value is -2.70. The van der Waals surface area contributed by atoms with Crippen LogP contribution in [0.1, 0.15) is 17.3 Å². The van der Waals surface area contributed by atoms with Crippen molar-refractivity contribution in [3.63, 3.8) is 0 Å². The fraction of sp³-hybridized carbons (Fsp3) is 0.105. The summed E-state index contributed by atoms with van der Waals surface area (Å²) >= 11 is 7.65. The Morgan fingerprint density at radius 3 is 2.85 bits per heavy atom. The van der Waals surface area contributed by atoms with Gasteiger partial charge in [-0.3, -0.25) is 4.79 Å². The van der Waals surface area contributed by atoms with Gasteiger partial charge >= 0.3 is 5.63 Å². The fourth-order valence-electron chi connectivity index (χ4n) is 2.82. The van der Waals surface area contributed by atoms with Crippen LogP contribution in [0.15, 0.2) is 62.7 Å². The number of rotatable bonds is 2. The molecule has 0 saturated carbocycles. The van der Waals surface area contributed by atoms with Crippen molar-refractivity contribution in [3.8, 4) is 0 Å². The molecule has 26 heavy (non-hydrogen) atoms. The number of carbonyl (C=O) groups excluding carboxylic acids is 1. The number of hydrogen-bond donors (Lipinski definition) is 0. The predicted molar refractivity (Wildman–Crippen MR) is 103 cm³/mol. The first-order chi connectivity index (χ1) is 12.6. The van der Waals surface area contributed by atoms with E-state index in [4.69, 9.17) is 16.0 Å². The maximum Gasteiger partial charge on any atom is 0.349 e. The lowest BCUT2D eigenvalue weighted by Gasteiger charge is -2.02. The third kappa shape index (κ3) is 2.77. The van der Waals surface area contributed by atoms with E-state index in [0.717, 1.165) is 10.2 Å². The minimum atomic E-state index is -0.695. The van der Waals surface area contributed by atoms with Gasteiger partial charge in [0.1, 0.15) is 11.1 Å². The third-order valence-corrected chi connectivity index (χ3v) is 5.39. The topological polar surface area (TPSA) is 64.6 Å². The first-order valence-corrected chi connectivity index (χ1v) is 9.17. The zero-order valence-electron chi connectivity index (χ0n) is 13.7. The van der Waals surface area contributed by atoms with Gasteiger partial charge in [0.05, 0.1) is 15.2 Å². The smallest absolute Gasteiger partial charge is 0.349 e. The molecule has 0 saturated heterocycles. The predicted octanol–water partition coefficient (Wildman–Crippen LogP) is 4.22. The van der Waals surface area contributed by atoms with Crippen LogP contribution in [0.5, 0.6) is 0 Å². The summed E-state index contributed by atoms with van der Waals surface area (Å²) in [6, 6.07) is 14.1. The number of halogens is 1. The maximum absolute atomic E-state index is 12.6. The van der Waals surface area contributed by atoms with Crippen LogP contribution < -0.4 is 10.4 Å². The molecule has 2 heterocycles. The van der Waals surface area contributed by atoms with Crippen LogP contribution in [0.25, 0.3) is 21.2 Å². The zero-order valence-corrected chi connectivity index (χ0v) is 15.3. The minimum Gasteiger partial charge on any atom is -0.422 e. The molecule has 4 rings (SSSR count). The number of nitrogens with zero attached hydrogens (tertiary/aromatic N) is 2. The number of aryl methyl sites for hydroxylation is 1. The number of benzene rings is 2. The van der Waals surface area contributed by atoms with E-state index in [1.165, 1.54) is 17.4 Å². The monoisotopic (exact) mass is 384 g/mol. The Morgan fingerprint density at radius 2 is 2.04 bits per heavy atom. The summed E-state index contributed by atoms with van der Waals surface area (Å²) in [5.41, 5.74) is 0.486. The molecule has 0 atom stereocenters. The van der Waals surface area contributed by atoms with Crippen LogP contribution in [-0.2, 0) is 6.54 Å². The van der Waals surface area contributed by atoms with E-state index in [0.29, 0.717) is 27.3 Å². The summed E-state index contributed by atoms with van der Waals surface area (Å²) in [6.45, 7) is 2.55. The quantitative estimate of drug-likeness (QED) is 0.486. The van der Waals surface area contributed by atoms with Crippen molar-refractivity contribution in [1.82, 2.24) is 4.57 Å². The van der Waals surface area contributed by atoms with Crippen molar-refractivity contribution in [2.75, 3.05) is 0 Å². The number of hydrogen-bond acceptors (Lipinski definition) is 4. The van der Waals surface area contributed by atoms with Crippen LogP contribution in [0, 0.1) is 0 Å². The molecule has 0 aliphatic carbocycles. The Bertz CT molecular complexity index is 1280. The lowest BCUT2D eigenvalue weighted by molar-refractivity contribution is 0.0994. The SMILES string of the molecule is CCn1c(=NC(=O)c2cc3ccccc3oc2=O)sc2cccc(Cl)c21. The van der Waals surface area contributed by atoms with Gasteiger partial charge in [0.25, 0.3) is 5.91 Å². The molecule has 7 heteroatoms. The Kier molecular flexibility index (Phi) is 4.22. The summed E-state index contributed by atoms with van der Waals surface area (Å²) in [4.78, 5) is 29.5. The standard InChI is InChI=1S/C19H13ClN2O3S/c1-2-22-16-13(20)7-5-9-15(16)26-19(22)21-17(23)12-10-11-6-3-4-8-14(11)25-18(12)24/h3-10H,2H2,1H3. The average molecular weight is 385 g/mol. The van der Waals surface area contributed by atoms with Gasteiger partial charge in [0, 0.05) is 11.9 Å². The summed E-state index contributed by atoms with van der Waals surface area (Å²) in [5, 5.41) is 1.27. The van der Waals surface area contributed by atoms with Crippen molar-refractivity contribution < 1.29 is 9.21 Å². The number of aromatic nitrogens is 1. The van der Waals surface area contributed by atoms with E-state index in [1.54, 1.807) is 24.3 Å². The first kappa shape index (κ1) is 16.8.